The molecular weight excluding hydrogens is 541 g/mol. The molecule has 10 heteroatoms. The highest BCUT2D eigenvalue weighted by molar-refractivity contribution is 9.10. The molecule has 3 aromatic rings. The molecule has 0 radical (unpaired) electrons. The van der Waals surface area contributed by atoms with Crippen molar-refractivity contribution in [2.24, 2.45) is 0 Å². The van der Waals surface area contributed by atoms with E-state index in [0.717, 1.165) is 0 Å². The van der Waals surface area contributed by atoms with Crippen LogP contribution in [0.4, 0.5) is 10.3 Å². The molecule has 0 bridgehead atoms. The van der Waals surface area contributed by atoms with Crippen molar-refractivity contribution in [1.29, 1.82) is 0 Å². The van der Waals surface area contributed by atoms with Crippen LogP contribution in [0.15, 0.2) is 45.7 Å². The van der Waals surface area contributed by atoms with Crippen molar-refractivity contribution in [3.8, 4) is 5.69 Å². The third kappa shape index (κ3) is 5.02. The van der Waals surface area contributed by atoms with Crippen molar-refractivity contribution in [2.75, 3.05) is 12.4 Å². The minimum absolute atomic E-state index is 0.0129. The van der Waals surface area contributed by atoms with Gasteiger partial charge in [-0.3, -0.25) is 14.4 Å². The van der Waals surface area contributed by atoms with Crippen LogP contribution in [0.2, 0.25) is 0 Å². The summed E-state index contributed by atoms with van der Waals surface area (Å²) in [6, 6.07) is 9.46. The van der Waals surface area contributed by atoms with Crippen molar-refractivity contribution in [3.63, 3.8) is 0 Å². The number of anilines is 1. The monoisotopic (exact) mass is 569 g/mol. The maximum atomic E-state index is 14.9. The van der Waals surface area contributed by atoms with Crippen LogP contribution in [-0.2, 0) is 13.0 Å². The van der Waals surface area contributed by atoms with Crippen LogP contribution >= 0.6 is 15.9 Å². The molecular formula is C27H29BrFN5O3. The predicted molar refractivity (Wildman–Crippen MR) is 144 cm³/mol. The number of carbonyl (C=O) groups excluding carboxylic acids is 2. The van der Waals surface area contributed by atoms with Gasteiger partial charge in [0.2, 0.25) is 5.95 Å². The summed E-state index contributed by atoms with van der Waals surface area (Å²) < 4.78 is 17.0. The lowest BCUT2D eigenvalue weighted by molar-refractivity contribution is 0.0648. The largest absolute Gasteiger partial charge is 0.355 e. The number of carbonyl (C=O) groups is 2. The Balaban J connectivity index is 1.77. The molecule has 0 saturated heterocycles. The highest BCUT2D eigenvalue weighted by Crippen LogP contribution is 2.28. The first-order valence-electron chi connectivity index (χ1n) is 12.0. The predicted octanol–water partition coefficient (Wildman–Crippen LogP) is 4.21. The minimum Gasteiger partial charge on any atom is -0.355 e. The van der Waals surface area contributed by atoms with Crippen molar-refractivity contribution in [2.45, 2.75) is 52.7 Å². The molecule has 0 fully saturated rings. The molecule has 2 aromatic carbocycles. The van der Waals surface area contributed by atoms with Gasteiger partial charge in [0, 0.05) is 34.7 Å². The Labute approximate surface area is 223 Å². The molecule has 0 unspecified atom stereocenters. The number of halogens is 2. The van der Waals surface area contributed by atoms with E-state index in [2.05, 4.69) is 26.6 Å². The standard InChI is InChI=1S/C27H29BrFN5O3/c1-14(2)31-27-32-22-13-33(25(36)19-10-11-21(28)16(4)23(19)29)15(3)12-20(22)26(37)34(27)18-8-6-17(7-9-18)24(35)30-5/h6-11,14-15H,12-13H2,1-5H3,(H,30,35)(H,31,32)/t15-/m1/s1. The molecule has 37 heavy (non-hydrogen) atoms. The minimum atomic E-state index is -0.567. The Kier molecular flexibility index (Phi) is 7.49. The highest BCUT2D eigenvalue weighted by Gasteiger charge is 2.33. The quantitative estimate of drug-likeness (QED) is 0.480. The number of nitrogens with one attached hydrogen (secondary N) is 2. The molecule has 2 heterocycles. The van der Waals surface area contributed by atoms with E-state index in [4.69, 9.17) is 4.98 Å². The fourth-order valence-corrected chi connectivity index (χ4v) is 4.72. The van der Waals surface area contributed by atoms with Gasteiger partial charge in [-0.1, -0.05) is 15.9 Å². The SMILES string of the molecule is CNC(=O)c1ccc(-n2c(NC(C)C)nc3c(c2=O)C[C@@H](C)N(C(=O)c2ccc(Br)c(C)c2F)C3)cc1. The molecule has 1 aliphatic heterocycles. The zero-order valence-electron chi connectivity index (χ0n) is 21.4. The molecule has 8 nitrogen and oxygen atoms in total. The lowest BCUT2D eigenvalue weighted by Crippen LogP contribution is -2.46. The normalized spacial score (nSPS) is 14.9. The van der Waals surface area contributed by atoms with Gasteiger partial charge in [0.1, 0.15) is 5.82 Å². The molecule has 0 spiro atoms. The van der Waals surface area contributed by atoms with Crippen LogP contribution in [0, 0.1) is 12.7 Å². The first-order valence-corrected chi connectivity index (χ1v) is 12.8. The molecule has 0 saturated carbocycles. The van der Waals surface area contributed by atoms with E-state index in [1.54, 1.807) is 49.2 Å². The summed E-state index contributed by atoms with van der Waals surface area (Å²) in [4.78, 5) is 45.4. The smallest absolute Gasteiger partial charge is 0.263 e. The van der Waals surface area contributed by atoms with Gasteiger partial charge in [0.15, 0.2) is 0 Å². The second-order valence-corrected chi connectivity index (χ2v) is 10.3. The van der Waals surface area contributed by atoms with Crippen LogP contribution in [0.5, 0.6) is 0 Å². The van der Waals surface area contributed by atoms with Crippen LogP contribution in [-0.4, -0.2) is 45.4 Å². The number of hydrogen-bond donors (Lipinski definition) is 2. The molecule has 2 amide bonds. The summed E-state index contributed by atoms with van der Waals surface area (Å²) >= 11 is 3.30. The summed E-state index contributed by atoms with van der Waals surface area (Å²) in [5.74, 6) is -0.901. The van der Waals surface area contributed by atoms with Crippen LogP contribution in [0.25, 0.3) is 5.69 Å². The van der Waals surface area contributed by atoms with Gasteiger partial charge in [-0.2, -0.15) is 0 Å². The third-order valence-corrected chi connectivity index (χ3v) is 7.32. The molecule has 1 aliphatic rings. The zero-order valence-corrected chi connectivity index (χ0v) is 22.9. The zero-order chi connectivity index (χ0) is 27.0. The molecule has 4 rings (SSSR count). The van der Waals surface area contributed by atoms with Gasteiger partial charge in [-0.25, -0.2) is 13.9 Å². The van der Waals surface area contributed by atoms with E-state index >= 15 is 0 Å². The van der Waals surface area contributed by atoms with E-state index in [1.807, 2.05) is 20.8 Å². The van der Waals surface area contributed by atoms with Crippen LogP contribution in [0.3, 0.4) is 0 Å². The van der Waals surface area contributed by atoms with E-state index in [1.165, 1.54) is 10.6 Å². The second kappa shape index (κ2) is 10.5. The maximum absolute atomic E-state index is 14.9. The third-order valence-electron chi connectivity index (χ3n) is 6.46. The molecule has 1 atom stereocenters. The summed E-state index contributed by atoms with van der Waals surface area (Å²) in [6.45, 7) is 7.40. The van der Waals surface area contributed by atoms with Gasteiger partial charge < -0.3 is 15.5 Å². The summed E-state index contributed by atoms with van der Waals surface area (Å²) in [5.41, 5.74) is 2.13. The number of nitrogens with zero attached hydrogens (tertiary/aromatic N) is 3. The van der Waals surface area contributed by atoms with Crippen molar-refractivity contribution in [1.82, 2.24) is 19.8 Å². The van der Waals surface area contributed by atoms with Gasteiger partial charge in [0.05, 0.1) is 23.5 Å². The number of rotatable bonds is 5. The van der Waals surface area contributed by atoms with Crippen LogP contribution < -0.4 is 16.2 Å². The van der Waals surface area contributed by atoms with E-state index in [0.29, 0.717) is 38.5 Å². The van der Waals surface area contributed by atoms with E-state index in [9.17, 15) is 18.8 Å². The van der Waals surface area contributed by atoms with Gasteiger partial charge in [0.25, 0.3) is 17.4 Å². The summed E-state index contributed by atoms with van der Waals surface area (Å²) in [7, 11) is 1.56. The Morgan fingerprint density at radius 1 is 1.16 bits per heavy atom. The average molecular weight is 570 g/mol. The van der Waals surface area contributed by atoms with Crippen LogP contribution in [0.1, 0.15) is 58.3 Å². The van der Waals surface area contributed by atoms with Gasteiger partial charge >= 0.3 is 0 Å². The molecule has 2 N–H and O–H groups in total. The van der Waals surface area contributed by atoms with Crippen molar-refractivity contribution < 1.29 is 14.0 Å². The summed E-state index contributed by atoms with van der Waals surface area (Å²) in [6.07, 6.45) is 0.280. The Morgan fingerprint density at radius 2 is 1.84 bits per heavy atom. The molecule has 194 valence electrons. The first-order chi connectivity index (χ1) is 17.5. The Morgan fingerprint density at radius 3 is 2.46 bits per heavy atom. The van der Waals surface area contributed by atoms with Crippen molar-refractivity contribution >= 4 is 33.7 Å². The second-order valence-electron chi connectivity index (χ2n) is 9.45. The van der Waals surface area contributed by atoms with Crippen molar-refractivity contribution in [3.05, 3.63) is 85.0 Å². The van der Waals surface area contributed by atoms with E-state index in [-0.39, 0.29) is 42.1 Å². The fourth-order valence-electron chi connectivity index (χ4n) is 4.41. The highest BCUT2D eigenvalue weighted by atomic mass is 79.9. The van der Waals surface area contributed by atoms with Gasteiger partial charge in [-0.15, -0.1) is 0 Å². The number of aromatic nitrogens is 2. The number of fused-ring (bicyclic) bond motifs is 1. The molecule has 0 aliphatic carbocycles. The van der Waals surface area contributed by atoms with Gasteiger partial charge in [-0.05, 0) is 76.1 Å². The maximum Gasteiger partial charge on any atom is 0.263 e. The number of amides is 2. The van der Waals surface area contributed by atoms with E-state index < -0.39 is 11.7 Å². The topological polar surface area (TPSA) is 96.3 Å². The average Bonchev–Trinajstić information content (AvgIpc) is 2.87. The molecule has 1 aromatic heterocycles. The lowest BCUT2D eigenvalue weighted by Gasteiger charge is -2.35. The Bertz CT molecular complexity index is 1440. The first kappa shape index (κ1) is 26.5. The number of hydrogen-bond acceptors (Lipinski definition) is 5. The summed E-state index contributed by atoms with van der Waals surface area (Å²) in [5, 5.41) is 5.80. The lowest BCUT2D eigenvalue weighted by atomic mass is 9.98. The Hall–Kier alpha value is -3.53. The fraction of sp³-hybridized carbons (Fsp3) is 0.333. The number of benzene rings is 2.